The number of carbonyl (C=O) groups is 1. The molecule has 0 radical (unpaired) electrons. The van der Waals surface area contributed by atoms with Crippen LogP contribution in [0.1, 0.15) is 31.2 Å². The summed E-state index contributed by atoms with van der Waals surface area (Å²) in [5, 5.41) is 22.0. The van der Waals surface area contributed by atoms with Crippen LogP contribution >= 0.6 is 0 Å². The van der Waals surface area contributed by atoms with Gasteiger partial charge in [0.05, 0.1) is 12.8 Å². The van der Waals surface area contributed by atoms with Crippen molar-refractivity contribution in [1.82, 2.24) is 0 Å². The van der Waals surface area contributed by atoms with Crippen LogP contribution in [0.5, 0.6) is 5.75 Å². The third-order valence-electron chi connectivity index (χ3n) is 4.44. The highest BCUT2D eigenvalue weighted by molar-refractivity contribution is 6.35. The standard InChI is InChI=1S/C16H19NO5/c1-21-14-4-2-3-9-16(14)17(20)13(15(19)22-16)10-11-5-7-12(18)8-6-11/h5-8,14,18H,2-4,9-10H2,1H3/t14-,16+/m1/s1. The van der Waals surface area contributed by atoms with Gasteiger partial charge in [-0.15, -0.1) is 0 Å². The summed E-state index contributed by atoms with van der Waals surface area (Å²) in [5.41, 5.74) is -0.349. The fraction of sp³-hybridized carbons (Fsp3) is 0.500. The third-order valence-corrected chi connectivity index (χ3v) is 4.44. The number of nitrogens with zero attached hydrogens (tertiary/aromatic N) is 1. The summed E-state index contributed by atoms with van der Waals surface area (Å²) in [4.78, 5) is 12.2. The van der Waals surface area contributed by atoms with Gasteiger partial charge in [0.2, 0.25) is 0 Å². The zero-order valence-corrected chi connectivity index (χ0v) is 12.4. The molecule has 1 aromatic rings. The highest BCUT2D eigenvalue weighted by Gasteiger charge is 2.59. The smallest absolute Gasteiger partial charge is 0.405 e. The molecule has 118 valence electrons. The fourth-order valence-corrected chi connectivity index (χ4v) is 3.27. The molecular weight excluding hydrogens is 286 g/mol. The molecule has 1 aromatic carbocycles. The average Bonchev–Trinajstić information content (AvgIpc) is 2.75. The van der Waals surface area contributed by atoms with Crippen molar-refractivity contribution in [3.63, 3.8) is 0 Å². The minimum absolute atomic E-state index is 0.0923. The summed E-state index contributed by atoms with van der Waals surface area (Å²) in [6.07, 6.45) is 2.76. The Kier molecular flexibility index (Phi) is 3.78. The van der Waals surface area contributed by atoms with Crippen molar-refractivity contribution in [2.75, 3.05) is 7.11 Å². The topological polar surface area (TPSA) is 81.8 Å². The van der Waals surface area contributed by atoms with E-state index in [-0.39, 0.29) is 17.9 Å². The Morgan fingerprint density at radius 2 is 2.14 bits per heavy atom. The third kappa shape index (κ3) is 2.33. The number of methoxy groups -OCH3 is 1. The van der Waals surface area contributed by atoms with Crippen LogP contribution in [0.3, 0.4) is 0 Å². The van der Waals surface area contributed by atoms with Crippen LogP contribution in [0.25, 0.3) is 0 Å². The van der Waals surface area contributed by atoms with Crippen molar-refractivity contribution in [1.29, 1.82) is 0 Å². The summed E-state index contributed by atoms with van der Waals surface area (Å²) in [6, 6.07) is 6.42. The molecule has 3 rings (SSSR count). The normalized spacial score (nSPS) is 28.2. The molecule has 0 saturated heterocycles. The zero-order valence-electron chi connectivity index (χ0n) is 12.4. The second-order valence-electron chi connectivity index (χ2n) is 5.79. The molecule has 6 nitrogen and oxygen atoms in total. The van der Waals surface area contributed by atoms with Crippen molar-refractivity contribution >= 4 is 11.7 Å². The molecule has 1 N–H and O–H groups in total. The van der Waals surface area contributed by atoms with Crippen LogP contribution in [0.4, 0.5) is 0 Å². The Bertz CT molecular complexity index is 609. The molecule has 1 spiro atoms. The molecular formula is C16H19NO5. The number of phenolic OH excluding ortho intramolecular Hbond substituents is 1. The lowest BCUT2D eigenvalue weighted by atomic mass is 9.89. The number of rotatable bonds is 3. The summed E-state index contributed by atoms with van der Waals surface area (Å²) in [7, 11) is 1.54. The average molecular weight is 305 g/mol. The second kappa shape index (κ2) is 5.61. The number of esters is 1. The van der Waals surface area contributed by atoms with E-state index >= 15 is 0 Å². The largest absolute Gasteiger partial charge is 0.620 e. The van der Waals surface area contributed by atoms with Gasteiger partial charge in [-0.2, -0.15) is 4.74 Å². The molecule has 1 saturated carbocycles. The predicted molar refractivity (Wildman–Crippen MR) is 78.5 cm³/mol. The Morgan fingerprint density at radius 1 is 1.41 bits per heavy atom. The molecule has 1 aliphatic heterocycles. The van der Waals surface area contributed by atoms with Gasteiger partial charge in [0.15, 0.2) is 6.10 Å². The zero-order chi connectivity index (χ0) is 15.7. The van der Waals surface area contributed by atoms with Gasteiger partial charge in [-0.05, 0) is 37.0 Å². The van der Waals surface area contributed by atoms with Crippen molar-refractivity contribution in [3.05, 3.63) is 35.0 Å². The van der Waals surface area contributed by atoms with Crippen molar-refractivity contribution in [2.24, 2.45) is 0 Å². The molecule has 0 amide bonds. The van der Waals surface area contributed by atoms with Gasteiger partial charge in [-0.1, -0.05) is 12.1 Å². The van der Waals surface area contributed by atoms with Crippen LogP contribution in [-0.2, 0) is 20.7 Å². The number of benzene rings is 1. The van der Waals surface area contributed by atoms with Crippen LogP contribution in [0.2, 0.25) is 0 Å². The first-order chi connectivity index (χ1) is 10.6. The number of hydrogen-bond acceptors (Lipinski definition) is 5. The fourth-order valence-electron chi connectivity index (χ4n) is 3.27. The van der Waals surface area contributed by atoms with E-state index in [4.69, 9.17) is 9.47 Å². The van der Waals surface area contributed by atoms with Crippen LogP contribution in [0, 0.1) is 5.21 Å². The minimum atomic E-state index is -1.21. The summed E-state index contributed by atoms with van der Waals surface area (Å²) >= 11 is 0. The molecule has 1 fully saturated rings. The number of aromatic hydroxyl groups is 1. The maximum atomic E-state index is 12.7. The van der Waals surface area contributed by atoms with E-state index < -0.39 is 17.8 Å². The van der Waals surface area contributed by atoms with Crippen molar-refractivity contribution in [3.8, 4) is 5.75 Å². The summed E-state index contributed by atoms with van der Waals surface area (Å²) < 4.78 is 11.6. The van der Waals surface area contributed by atoms with Gasteiger partial charge < -0.3 is 19.8 Å². The van der Waals surface area contributed by atoms with Crippen molar-refractivity contribution in [2.45, 2.75) is 43.9 Å². The molecule has 1 heterocycles. The molecule has 2 aliphatic rings. The first-order valence-corrected chi connectivity index (χ1v) is 7.44. The Hall–Kier alpha value is -2.08. The number of phenols is 1. The number of hydrogen-bond donors (Lipinski definition) is 1. The minimum Gasteiger partial charge on any atom is -0.620 e. The number of hydroxylamine groups is 1. The highest BCUT2D eigenvalue weighted by atomic mass is 16.7. The van der Waals surface area contributed by atoms with E-state index in [0.717, 1.165) is 23.1 Å². The van der Waals surface area contributed by atoms with Gasteiger partial charge in [-0.25, -0.2) is 4.79 Å². The van der Waals surface area contributed by atoms with Crippen molar-refractivity contribution < 1.29 is 24.1 Å². The second-order valence-corrected chi connectivity index (χ2v) is 5.79. The maximum Gasteiger partial charge on any atom is 0.405 e. The van der Waals surface area contributed by atoms with Gasteiger partial charge in [-0.3, -0.25) is 0 Å². The van der Waals surface area contributed by atoms with E-state index in [2.05, 4.69) is 0 Å². The molecule has 0 aromatic heterocycles. The first-order valence-electron chi connectivity index (χ1n) is 7.44. The van der Waals surface area contributed by atoms with E-state index in [1.54, 1.807) is 12.1 Å². The quantitative estimate of drug-likeness (QED) is 0.522. The predicted octanol–water partition coefficient (Wildman–Crippen LogP) is 1.73. The Morgan fingerprint density at radius 3 is 2.82 bits per heavy atom. The number of ether oxygens (including phenoxy) is 2. The van der Waals surface area contributed by atoms with E-state index in [1.807, 2.05) is 0 Å². The van der Waals surface area contributed by atoms with Gasteiger partial charge in [0.1, 0.15) is 5.75 Å². The summed E-state index contributed by atoms with van der Waals surface area (Å²) in [5.74, 6) is -0.433. The molecule has 2 atom stereocenters. The SMILES string of the molecule is CO[C@@H]1CCCC[C@]12OC(=O)C(Cc1ccc(O)cc1)=[N+]2[O-]. The lowest BCUT2D eigenvalue weighted by Gasteiger charge is -2.35. The highest BCUT2D eigenvalue weighted by Crippen LogP contribution is 2.37. The maximum absolute atomic E-state index is 12.7. The Balaban J connectivity index is 1.92. The van der Waals surface area contributed by atoms with Crippen LogP contribution in [0.15, 0.2) is 24.3 Å². The summed E-state index contributed by atoms with van der Waals surface area (Å²) in [6.45, 7) is 0. The van der Waals surface area contributed by atoms with E-state index in [9.17, 15) is 15.1 Å². The van der Waals surface area contributed by atoms with E-state index in [1.165, 1.54) is 19.2 Å². The number of carbonyl (C=O) groups excluding carboxylic acids is 1. The van der Waals surface area contributed by atoms with Gasteiger partial charge >= 0.3 is 11.7 Å². The molecule has 1 aliphatic carbocycles. The van der Waals surface area contributed by atoms with Gasteiger partial charge in [0.25, 0.3) is 5.71 Å². The molecule has 22 heavy (non-hydrogen) atoms. The van der Waals surface area contributed by atoms with Crippen LogP contribution < -0.4 is 0 Å². The first kappa shape index (κ1) is 14.8. The monoisotopic (exact) mass is 305 g/mol. The Labute approximate surface area is 128 Å². The van der Waals surface area contributed by atoms with E-state index in [0.29, 0.717) is 12.8 Å². The van der Waals surface area contributed by atoms with Gasteiger partial charge in [0, 0.05) is 7.11 Å². The van der Waals surface area contributed by atoms with Crippen LogP contribution in [-0.4, -0.2) is 40.5 Å². The molecule has 0 bridgehead atoms. The molecule has 6 heteroatoms. The lowest BCUT2D eigenvalue weighted by molar-refractivity contribution is -0.610. The lowest BCUT2D eigenvalue weighted by Crippen LogP contribution is -2.52. The molecule has 0 unspecified atom stereocenters.